The molecule has 2 rings (SSSR count). The van der Waals surface area contributed by atoms with Crippen LogP contribution in [0.1, 0.15) is 38.1 Å². The monoisotopic (exact) mass is 221 g/mol. The minimum atomic E-state index is -0.889. The van der Waals surface area contributed by atoms with Crippen LogP contribution in [0.2, 0.25) is 0 Å². The molecule has 1 aromatic heterocycles. The second kappa shape index (κ2) is 7.51. The van der Waals surface area contributed by atoms with Crippen molar-refractivity contribution in [3.05, 3.63) is 36.0 Å². The number of nitrogens with one attached hydrogen (secondary N) is 1. The molecule has 2 aromatic rings. The number of carboxylic acid groups (broad SMARTS) is 1. The van der Waals surface area contributed by atoms with Crippen molar-refractivity contribution in [3.8, 4) is 0 Å². The van der Waals surface area contributed by atoms with E-state index in [-0.39, 0.29) is 0 Å². The Morgan fingerprint density at radius 1 is 1.12 bits per heavy atom. The summed E-state index contributed by atoms with van der Waals surface area (Å²) >= 11 is 0. The SMILES string of the molecule is CC.CC.O=C(O)c1cccc2[nH]ccc12. The molecule has 0 unspecified atom stereocenters. The van der Waals surface area contributed by atoms with Crippen LogP contribution < -0.4 is 0 Å². The Labute approximate surface area is 96.1 Å². The molecule has 1 heterocycles. The molecule has 0 radical (unpaired) electrons. The van der Waals surface area contributed by atoms with Gasteiger partial charge in [-0.3, -0.25) is 0 Å². The zero-order valence-corrected chi connectivity index (χ0v) is 10.2. The normalized spacial score (nSPS) is 8.50. The molecular formula is C13H19NO2. The maximum atomic E-state index is 10.7. The zero-order valence-electron chi connectivity index (χ0n) is 10.2. The molecule has 3 nitrogen and oxygen atoms in total. The van der Waals surface area contributed by atoms with Crippen LogP contribution in [-0.4, -0.2) is 16.1 Å². The third kappa shape index (κ3) is 3.12. The topological polar surface area (TPSA) is 53.1 Å². The maximum Gasteiger partial charge on any atom is 0.336 e. The van der Waals surface area contributed by atoms with E-state index >= 15 is 0 Å². The molecule has 0 aliphatic rings. The Morgan fingerprint density at radius 2 is 1.75 bits per heavy atom. The lowest BCUT2D eigenvalue weighted by molar-refractivity contribution is 0.0699. The zero-order chi connectivity index (χ0) is 12.6. The fourth-order valence-electron chi connectivity index (χ4n) is 1.27. The average Bonchev–Trinajstić information content (AvgIpc) is 2.81. The molecule has 0 bridgehead atoms. The Kier molecular flexibility index (Phi) is 6.68. The van der Waals surface area contributed by atoms with Gasteiger partial charge in [0.25, 0.3) is 0 Å². The summed E-state index contributed by atoms with van der Waals surface area (Å²) in [5.41, 5.74) is 1.20. The summed E-state index contributed by atoms with van der Waals surface area (Å²) in [6.45, 7) is 8.00. The van der Waals surface area contributed by atoms with Gasteiger partial charge in [0, 0.05) is 17.1 Å². The molecule has 0 saturated heterocycles. The van der Waals surface area contributed by atoms with E-state index in [1.165, 1.54) is 0 Å². The molecule has 88 valence electrons. The van der Waals surface area contributed by atoms with E-state index in [0.717, 1.165) is 10.9 Å². The number of hydrogen-bond acceptors (Lipinski definition) is 1. The molecule has 0 atom stereocenters. The van der Waals surface area contributed by atoms with Gasteiger partial charge in [-0.2, -0.15) is 0 Å². The lowest BCUT2D eigenvalue weighted by Crippen LogP contribution is -1.95. The first-order valence-electron chi connectivity index (χ1n) is 5.58. The molecule has 0 aliphatic heterocycles. The highest BCUT2D eigenvalue weighted by Gasteiger charge is 2.06. The summed E-state index contributed by atoms with van der Waals surface area (Å²) in [5.74, 6) is -0.889. The number of H-pyrrole nitrogens is 1. The fraction of sp³-hybridized carbons (Fsp3) is 0.308. The summed E-state index contributed by atoms with van der Waals surface area (Å²) in [7, 11) is 0. The Hall–Kier alpha value is -1.77. The quantitative estimate of drug-likeness (QED) is 0.766. The number of hydrogen-bond donors (Lipinski definition) is 2. The molecule has 2 N–H and O–H groups in total. The van der Waals surface area contributed by atoms with Crippen LogP contribution in [0.15, 0.2) is 30.5 Å². The maximum absolute atomic E-state index is 10.7. The third-order valence-electron chi connectivity index (χ3n) is 1.83. The number of fused-ring (bicyclic) bond motifs is 1. The average molecular weight is 221 g/mol. The molecule has 0 saturated carbocycles. The van der Waals surface area contributed by atoms with Gasteiger partial charge in [-0.05, 0) is 18.2 Å². The van der Waals surface area contributed by atoms with E-state index < -0.39 is 5.97 Å². The number of carbonyl (C=O) groups is 1. The molecule has 16 heavy (non-hydrogen) atoms. The van der Waals surface area contributed by atoms with Crippen molar-refractivity contribution >= 4 is 16.9 Å². The van der Waals surface area contributed by atoms with Crippen LogP contribution >= 0.6 is 0 Å². The third-order valence-corrected chi connectivity index (χ3v) is 1.83. The van der Waals surface area contributed by atoms with E-state index in [2.05, 4.69) is 4.98 Å². The molecule has 1 aromatic carbocycles. The Morgan fingerprint density at radius 3 is 2.31 bits per heavy atom. The van der Waals surface area contributed by atoms with Gasteiger partial charge in [-0.15, -0.1) is 0 Å². The number of aromatic amines is 1. The molecule has 0 aliphatic carbocycles. The van der Waals surface area contributed by atoms with Gasteiger partial charge < -0.3 is 10.1 Å². The lowest BCUT2D eigenvalue weighted by Gasteiger charge is -1.94. The van der Waals surface area contributed by atoms with Crippen LogP contribution in [0, 0.1) is 0 Å². The highest BCUT2D eigenvalue weighted by molar-refractivity contribution is 6.02. The van der Waals surface area contributed by atoms with E-state index in [1.807, 2.05) is 33.8 Å². The van der Waals surface area contributed by atoms with E-state index in [0.29, 0.717) is 5.56 Å². The van der Waals surface area contributed by atoms with Crippen molar-refractivity contribution in [2.24, 2.45) is 0 Å². The number of benzene rings is 1. The summed E-state index contributed by atoms with van der Waals surface area (Å²) in [4.78, 5) is 13.7. The standard InChI is InChI=1S/C9H7NO2.2C2H6/c11-9(12)7-2-1-3-8-6(7)4-5-10-8;2*1-2/h1-5,10H,(H,11,12);2*1-2H3. The first-order valence-corrected chi connectivity index (χ1v) is 5.58. The highest BCUT2D eigenvalue weighted by Crippen LogP contribution is 2.16. The second-order valence-electron chi connectivity index (χ2n) is 2.55. The molecule has 0 fully saturated rings. The van der Waals surface area contributed by atoms with Crippen LogP contribution in [0.5, 0.6) is 0 Å². The van der Waals surface area contributed by atoms with E-state index in [4.69, 9.17) is 5.11 Å². The first-order chi connectivity index (χ1) is 7.79. The second-order valence-corrected chi connectivity index (χ2v) is 2.55. The number of rotatable bonds is 1. The van der Waals surface area contributed by atoms with Crippen molar-refractivity contribution < 1.29 is 9.90 Å². The predicted octanol–water partition coefficient (Wildman–Crippen LogP) is 3.92. The summed E-state index contributed by atoms with van der Waals surface area (Å²) in [6, 6.07) is 6.93. The molecule has 3 heteroatoms. The summed E-state index contributed by atoms with van der Waals surface area (Å²) < 4.78 is 0. The number of aromatic carboxylic acids is 1. The van der Waals surface area contributed by atoms with Crippen molar-refractivity contribution in [1.29, 1.82) is 0 Å². The van der Waals surface area contributed by atoms with E-state index in [9.17, 15) is 4.79 Å². The predicted molar refractivity (Wildman–Crippen MR) is 68.0 cm³/mol. The van der Waals surface area contributed by atoms with Gasteiger partial charge in [0.15, 0.2) is 0 Å². The first kappa shape index (κ1) is 14.2. The van der Waals surface area contributed by atoms with Crippen LogP contribution in [0.4, 0.5) is 0 Å². The minimum absolute atomic E-state index is 0.341. The Balaban J connectivity index is 0.000000509. The molecule has 0 amide bonds. The van der Waals surface area contributed by atoms with Crippen molar-refractivity contribution in [2.75, 3.05) is 0 Å². The van der Waals surface area contributed by atoms with Crippen LogP contribution in [-0.2, 0) is 0 Å². The van der Waals surface area contributed by atoms with E-state index in [1.54, 1.807) is 24.4 Å². The van der Waals surface area contributed by atoms with Crippen LogP contribution in [0.3, 0.4) is 0 Å². The number of carboxylic acids is 1. The van der Waals surface area contributed by atoms with Gasteiger partial charge in [-0.25, -0.2) is 4.79 Å². The van der Waals surface area contributed by atoms with Gasteiger partial charge >= 0.3 is 5.97 Å². The summed E-state index contributed by atoms with van der Waals surface area (Å²) in [6.07, 6.45) is 1.73. The Bertz CT molecular complexity index is 432. The van der Waals surface area contributed by atoms with Gasteiger partial charge in [0.1, 0.15) is 0 Å². The lowest BCUT2D eigenvalue weighted by atomic mass is 10.1. The minimum Gasteiger partial charge on any atom is -0.478 e. The fourth-order valence-corrected chi connectivity index (χ4v) is 1.27. The van der Waals surface area contributed by atoms with Crippen molar-refractivity contribution in [1.82, 2.24) is 4.98 Å². The molecular weight excluding hydrogens is 202 g/mol. The molecule has 0 spiro atoms. The van der Waals surface area contributed by atoms with Gasteiger partial charge in [0.05, 0.1) is 5.56 Å². The smallest absolute Gasteiger partial charge is 0.336 e. The van der Waals surface area contributed by atoms with Crippen LogP contribution in [0.25, 0.3) is 10.9 Å². The summed E-state index contributed by atoms with van der Waals surface area (Å²) in [5, 5.41) is 9.54. The van der Waals surface area contributed by atoms with Gasteiger partial charge in [-0.1, -0.05) is 33.8 Å². The largest absolute Gasteiger partial charge is 0.478 e. The van der Waals surface area contributed by atoms with Gasteiger partial charge in [0.2, 0.25) is 0 Å². The van der Waals surface area contributed by atoms with Crippen molar-refractivity contribution in [2.45, 2.75) is 27.7 Å². The van der Waals surface area contributed by atoms with Crippen molar-refractivity contribution in [3.63, 3.8) is 0 Å². The number of aromatic nitrogens is 1. The highest BCUT2D eigenvalue weighted by atomic mass is 16.4.